The molecule has 4 nitrogen and oxygen atoms in total. The minimum Gasteiger partial charge on any atom is -0.461 e. The highest BCUT2D eigenvalue weighted by atomic mass is 16.5. The molecule has 0 heterocycles. The lowest BCUT2D eigenvalue weighted by Crippen LogP contribution is -2.28. The Bertz CT molecular complexity index is 832. The first kappa shape index (κ1) is 22.1. The van der Waals surface area contributed by atoms with E-state index in [2.05, 4.69) is 12.1 Å². The predicted molar refractivity (Wildman–Crippen MR) is 117 cm³/mol. The maximum atomic E-state index is 12.5. The van der Waals surface area contributed by atoms with Crippen molar-refractivity contribution in [1.82, 2.24) is 0 Å². The van der Waals surface area contributed by atoms with E-state index in [1.54, 1.807) is 0 Å². The average molecular weight is 409 g/mol. The van der Waals surface area contributed by atoms with Crippen molar-refractivity contribution in [3.63, 3.8) is 0 Å². The molecule has 0 N–H and O–H groups in total. The second-order valence-electron chi connectivity index (χ2n) is 8.62. The molecule has 30 heavy (non-hydrogen) atoms. The molecule has 160 valence electrons. The van der Waals surface area contributed by atoms with Gasteiger partial charge in [-0.05, 0) is 75.6 Å². The first-order valence-corrected chi connectivity index (χ1v) is 10.8. The Morgan fingerprint density at radius 1 is 0.700 bits per heavy atom. The van der Waals surface area contributed by atoms with Crippen LogP contribution in [0.3, 0.4) is 0 Å². The van der Waals surface area contributed by atoms with Crippen LogP contribution in [0.15, 0.2) is 36.4 Å². The van der Waals surface area contributed by atoms with E-state index >= 15 is 0 Å². The van der Waals surface area contributed by atoms with Gasteiger partial charge in [0.05, 0.1) is 11.8 Å². The number of benzene rings is 2. The normalized spacial score (nSPS) is 18.7. The number of hydrogen-bond donors (Lipinski definition) is 0. The molecule has 0 atom stereocenters. The van der Waals surface area contributed by atoms with Gasteiger partial charge in [0.25, 0.3) is 0 Å². The van der Waals surface area contributed by atoms with E-state index in [0.29, 0.717) is 38.9 Å². The number of hydrogen-bond acceptors (Lipinski definition) is 4. The van der Waals surface area contributed by atoms with Crippen molar-refractivity contribution >= 4 is 11.9 Å². The summed E-state index contributed by atoms with van der Waals surface area (Å²) in [4.78, 5) is 24.9. The van der Waals surface area contributed by atoms with Crippen LogP contribution < -0.4 is 0 Å². The molecule has 1 aliphatic carbocycles. The van der Waals surface area contributed by atoms with Crippen LogP contribution in [0.25, 0.3) is 0 Å². The molecular formula is C26H32O4. The summed E-state index contributed by atoms with van der Waals surface area (Å²) in [5, 5.41) is 0. The second-order valence-corrected chi connectivity index (χ2v) is 8.62. The fourth-order valence-corrected chi connectivity index (χ4v) is 4.11. The van der Waals surface area contributed by atoms with Gasteiger partial charge >= 0.3 is 11.9 Å². The lowest BCUT2D eigenvalue weighted by atomic mass is 9.82. The summed E-state index contributed by atoms with van der Waals surface area (Å²) in [5.74, 6) is -0.563. The van der Waals surface area contributed by atoms with Crippen LogP contribution in [0, 0.1) is 39.5 Å². The Kier molecular flexibility index (Phi) is 7.30. The zero-order valence-corrected chi connectivity index (χ0v) is 18.5. The van der Waals surface area contributed by atoms with Gasteiger partial charge in [-0.2, -0.15) is 0 Å². The van der Waals surface area contributed by atoms with Crippen LogP contribution in [0.5, 0.6) is 0 Å². The Morgan fingerprint density at radius 3 is 1.40 bits per heavy atom. The Labute approximate surface area is 179 Å². The Morgan fingerprint density at radius 2 is 1.07 bits per heavy atom. The summed E-state index contributed by atoms with van der Waals surface area (Å²) < 4.78 is 11.1. The standard InChI is InChI=1S/C26H32O4/c1-17-5-7-23(19(3)13-17)15-29-25(27)21-9-11-22(12-10-21)26(28)30-16-24-8-6-18(2)14-20(24)4/h5-8,13-14,21-22H,9-12,15-16H2,1-4H3. The predicted octanol–water partition coefficient (Wildman–Crippen LogP) is 5.51. The summed E-state index contributed by atoms with van der Waals surface area (Å²) in [6.45, 7) is 8.78. The summed E-state index contributed by atoms with van der Waals surface area (Å²) >= 11 is 0. The maximum Gasteiger partial charge on any atom is 0.309 e. The Balaban J connectivity index is 1.43. The van der Waals surface area contributed by atoms with Crippen molar-refractivity contribution in [2.75, 3.05) is 0 Å². The minimum absolute atomic E-state index is 0.126. The van der Waals surface area contributed by atoms with Crippen molar-refractivity contribution in [2.24, 2.45) is 11.8 Å². The van der Waals surface area contributed by atoms with Crippen LogP contribution in [-0.2, 0) is 32.3 Å². The molecule has 2 aromatic rings. The molecule has 0 spiro atoms. The Hall–Kier alpha value is -2.62. The number of rotatable bonds is 6. The summed E-state index contributed by atoms with van der Waals surface area (Å²) in [6.07, 6.45) is 2.70. The number of carbonyl (C=O) groups excluding carboxylic acids is 2. The lowest BCUT2D eigenvalue weighted by Gasteiger charge is -2.26. The molecule has 0 bridgehead atoms. The van der Waals surface area contributed by atoms with Gasteiger partial charge in [-0.1, -0.05) is 47.5 Å². The van der Waals surface area contributed by atoms with Crippen molar-refractivity contribution in [2.45, 2.75) is 66.6 Å². The van der Waals surface area contributed by atoms with E-state index < -0.39 is 0 Å². The quantitative estimate of drug-likeness (QED) is 0.591. The van der Waals surface area contributed by atoms with Gasteiger partial charge in [0.15, 0.2) is 0 Å². The minimum atomic E-state index is -0.155. The van der Waals surface area contributed by atoms with Gasteiger partial charge in [-0.15, -0.1) is 0 Å². The fourth-order valence-electron chi connectivity index (χ4n) is 4.11. The maximum absolute atomic E-state index is 12.5. The number of aryl methyl sites for hydroxylation is 4. The van der Waals surface area contributed by atoms with Crippen molar-refractivity contribution in [3.8, 4) is 0 Å². The van der Waals surface area contributed by atoms with Crippen molar-refractivity contribution in [3.05, 3.63) is 69.8 Å². The summed E-state index contributed by atoms with van der Waals surface area (Å²) in [5.41, 5.74) is 6.75. The third-order valence-corrected chi connectivity index (χ3v) is 6.13. The first-order valence-electron chi connectivity index (χ1n) is 10.8. The molecule has 0 radical (unpaired) electrons. The molecule has 3 rings (SSSR count). The largest absolute Gasteiger partial charge is 0.461 e. The van der Waals surface area contributed by atoms with Crippen LogP contribution >= 0.6 is 0 Å². The van der Waals surface area contributed by atoms with Gasteiger partial charge in [0.1, 0.15) is 13.2 Å². The van der Waals surface area contributed by atoms with Crippen LogP contribution in [0.4, 0.5) is 0 Å². The second kappa shape index (κ2) is 9.92. The van der Waals surface area contributed by atoms with E-state index in [1.165, 1.54) is 11.1 Å². The molecule has 0 unspecified atom stereocenters. The molecule has 0 aliphatic heterocycles. The van der Waals surface area contributed by atoms with E-state index in [0.717, 1.165) is 22.3 Å². The van der Waals surface area contributed by atoms with E-state index in [1.807, 2.05) is 52.0 Å². The first-order chi connectivity index (χ1) is 14.3. The van der Waals surface area contributed by atoms with Gasteiger partial charge in [0, 0.05) is 0 Å². The summed E-state index contributed by atoms with van der Waals surface area (Å²) in [6, 6.07) is 12.3. The topological polar surface area (TPSA) is 52.6 Å². The monoisotopic (exact) mass is 408 g/mol. The van der Waals surface area contributed by atoms with E-state index in [-0.39, 0.29) is 23.8 Å². The van der Waals surface area contributed by atoms with Gasteiger partial charge < -0.3 is 9.47 Å². The molecule has 2 aromatic carbocycles. The number of carbonyl (C=O) groups is 2. The molecule has 1 fully saturated rings. The highest BCUT2D eigenvalue weighted by molar-refractivity contribution is 5.75. The highest BCUT2D eigenvalue weighted by Gasteiger charge is 2.31. The van der Waals surface area contributed by atoms with E-state index in [4.69, 9.17) is 9.47 Å². The fraction of sp³-hybridized carbons (Fsp3) is 0.462. The smallest absolute Gasteiger partial charge is 0.309 e. The molecule has 1 saturated carbocycles. The lowest BCUT2D eigenvalue weighted by molar-refractivity contribution is -0.156. The number of ether oxygens (including phenoxy) is 2. The zero-order chi connectivity index (χ0) is 21.7. The third-order valence-electron chi connectivity index (χ3n) is 6.13. The van der Waals surface area contributed by atoms with Crippen LogP contribution in [-0.4, -0.2) is 11.9 Å². The van der Waals surface area contributed by atoms with Gasteiger partial charge in [-0.25, -0.2) is 0 Å². The number of esters is 2. The molecule has 0 amide bonds. The van der Waals surface area contributed by atoms with E-state index in [9.17, 15) is 9.59 Å². The third kappa shape index (κ3) is 5.71. The van der Waals surface area contributed by atoms with Crippen LogP contribution in [0.2, 0.25) is 0 Å². The molecule has 0 saturated heterocycles. The van der Waals surface area contributed by atoms with Crippen LogP contribution in [0.1, 0.15) is 59.1 Å². The molecule has 0 aromatic heterocycles. The molecular weight excluding hydrogens is 376 g/mol. The SMILES string of the molecule is Cc1ccc(COC(=O)C2CCC(C(=O)OCc3ccc(C)cc3C)CC2)c(C)c1. The van der Waals surface area contributed by atoms with Gasteiger partial charge in [-0.3, -0.25) is 9.59 Å². The van der Waals surface area contributed by atoms with Gasteiger partial charge in [0.2, 0.25) is 0 Å². The molecule has 4 heteroatoms. The highest BCUT2D eigenvalue weighted by Crippen LogP contribution is 2.31. The average Bonchev–Trinajstić information content (AvgIpc) is 2.72. The molecule has 1 aliphatic rings. The van der Waals surface area contributed by atoms with Crippen molar-refractivity contribution < 1.29 is 19.1 Å². The summed E-state index contributed by atoms with van der Waals surface area (Å²) in [7, 11) is 0. The zero-order valence-electron chi connectivity index (χ0n) is 18.5. The van der Waals surface area contributed by atoms with Crippen molar-refractivity contribution in [1.29, 1.82) is 0 Å².